The van der Waals surface area contributed by atoms with Crippen LogP contribution in [-0.4, -0.2) is 0 Å². The molecule has 1 fully saturated rings. The average molecular weight is 253 g/mol. The molecule has 1 aromatic carbocycles. The van der Waals surface area contributed by atoms with E-state index in [0.29, 0.717) is 0 Å². The molecule has 3 heteroatoms. The van der Waals surface area contributed by atoms with Gasteiger partial charge >= 0.3 is 0 Å². The second-order valence-corrected chi connectivity index (χ2v) is 5.81. The Morgan fingerprint density at radius 3 is 2.59 bits per heavy atom. The van der Waals surface area contributed by atoms with Crippen LogP contribution in [0.1, 0.15) is 50.6 Å². The Kier molecular flexibility index (Phi) is 4.08. The smallest absolute Gasteiger partial charge is 0.0514 e. The van der Waals surface area contributed by atoms with Crippen LogP contribution in [0.15, 0.2) is 24.3 Å². The van der Waals surface area contributed by atoms with Crippen molar-refractivity contribution in [1.29, 1.82) is 0 Å². The highest BCUT2D eigenvalue weighted by atomic mass is 35.5. The summed E-state index contributed by atoms with van der Waals surface area (Å²) in [5.41, 5.74) is 4.44. The molecule has 0 aliphatic heterocycles. The molecule has 94 valence electrons. The van der Waals surface area contributed by atoms with Crippen molar-refractivity contribution >= 4 is 11.6 Å². The third kappa shape index (κ3) is 2.82. The van der Waals surface area contributed by atoms with E-state index >= 15 is 0 Å². The van der Waals surface area contributed by atoms with Gasteiger partial charge in [0.05, 0.1) is 6.04 Å². The third-order valence-corrected chi connectivity index (χ3v) is 4.28. The van der Waals surface area contributed by atoms with Gasteiger partial charge in [-0.2, -0.15) is 0 Å². The molecular weight excluding hydrogens is 232 g/mol. The molecule has 1 unspecified atom stereocenters. The van der Waals surface area contributed by atoms with Gasteiger partial charge in [0.1, 0.15) is 0 Å². The van der Waals surface area contributed by atoms with Crippen LogP contribution >= 0.6 is 11.6 Å². The molecule has 2 nitrogen and oxygen atoms in total. The van der Waals surface area contributed by atoms with Gasteiger partial charge in [-0.3, -0.25) is 11.3 Å². The zero-order valence-electron chi connectivity index (χ0n) is 10.4. The Balaban J connectivity index is 2.26. The predicted octanol–water partition coefficient (Wildman–Crippen LogP) is 3.81. The first-order valence-corrected chi connectivity index (χ1v) is 6.75. The summed E-state index contributed by atoms with van der Waals surface area (Å²) < 4.78 is 0. The van der Waals surface area contributed by atoms with Crippen molar-refractivity contribution in [3.8, 4) is 0 Å². The van der Waals surface area contributed by atoms with Crippen molar-refractivity contribution in [3.63, 3.8) is 0 Å². The summed E-state index contributed by atoms with van der Waals surface area (Å²) >= 11 is 6.06. The molecule has 0 spiro atoms. The Hall–Kier alpha value is -0.570. The molecule has 17 heavy (non-hydrogen) atoms. The van der Waals surface area contributed by atoms with Gasteiger partial charge in [-0.15, -0.1) is 0 Å². The van der Waals surface area contributed by atoms with Crippen LogP contribution in [-0.2, 0) is 0 Å². The number of nitrogens with two attached hydrogens (primary N) is 1. The SMILES string of the molecule is CC1(C(NN)c2cccc(Cl)c2)CCCCC1. The van der Waals surface area contributed by atoms with E-state index in [1.54, 1.807) is 0 Å². The summed E-state index contributed by atoms with van der Waals surface area (Å²) in [4.78, 5) is 0. The number of hydrogen-bond acceptors (Lipinski definition) is 2. The lowest BCUT2D eigenvalue weighted by Crippen LogP contribution is -2.41. The van der Waals surface area contributed by atoms with Crippen molar-refractivity contribution in [2.75, 3.05) is 0 Å². The topological polar surface area (TPSA) is 38.0 Å². The van der Waals surface area contributed by atoms with Crippen LogP contribution < -0.4 is 11.3 Å². The summed E-state index contributed by atoms with van der Waals surface area (Å²) in [5.74, 6) is 5.78. The van der Waals surface area contributed by atoms with Crippen LogP contribution in [0.5, 0.6) is 0 Å². The Labute approximate surface area is 109 Å². The average Bonchev–Trinajstić information content (AvgIpc) is 2.30. The van der Waals surface area contributed by atoms with Crippen LogP contribution in [0.25, 0.3) is 0 Å². The van der Waals surface area contributed by atoms with Gasteiger partial charge in [-0.25, -0.2) is 0 Å². The van der Waals surface area contributed by atoms with Crippen molar-refractivity contribution in [2.24, 2.45) is 11.3 Å². The molecular formula is C14H21ClN2. The van der Waals surface area contributed by atoms with Crippen molar-refractivity contribution in [3.05, 3.63) is 34.9 Å². The van der Waals surface area contributed by atoms with Crippen molar-refractivity contribution < 1.29 is 0 Å². The van der Waals surface area contributed by atoms with Gasteiger partial charge in [0.25, 0.3) is 0 Å². The molecule has 1 atom stereocenters. The summed E-state index contributed by atoms with van der Waals surface area (Å²) in [6, 6.07) is 8.22. The maximum Gasteiger partial charge on any atom is 0.0514 e. The zero-order valence-corrected chi connectivity index (χ0v) is 11.1. The summed E-state index contributed by atoms with van der Waals surface area (Å²) in [7, 11) is 0. The lowest BCUT2D eigenvalue weighted by atomic mass is 9.69. The fourth-order valence-electron chi connectivity index (χ4n) is 3.03. The maximum atomic E-state index is 6.06. The van der Waals surface area contributed by atoms with E-state index in [0.717, 1.165) is 5.02 Å². The number of hydrogen-bond donors (Lipinski definition) is 2. The first kappa shape index (κ1) is 12.9. The Morgan fingerprint density at radius 1 is 1.29 bits per heavy atom. The Bertz CT molecular complexity index is 372. The number of rotatable bonds is 3. The largest absolute Gasteiger partial charge is 0.271 e. The first-order valence-electron chi connectivity index (χ1n) is 6.37. The molecule has 0 saturated heterocycles. The quantitative estimate of drug-likeness (QED) is 0.634. The lowest BCUT2D eigenvalue weighted by molar-refractivity contribution is 0.145. The molecule has 0 bridgehead atoms. The third-order valence-electron chi connectivity index (χ3n) is 4.04. The number of benzene rings is 1. The highest BCUT2D eigenvalue weighted by Crippen LogP contribution is 2.45. The fraction of sp³-hybridized carbons (Fsp3) is 0.571. The summed E-state index contributed by atoms with van der Waals surface area (Å²) in [6.45, 7) is 2.33. The molecule has 1 aliphatic rings. The molecule has 1 aliphatic carbocycles. The molecule has 0 heterocycles. The summed E-state index contributed by atoms with van der Waals surface area (Å²) in [5, 5.41) is 0.780. The van der Waals surface area contributed by atoms with E-state index in [4.69, 9.17) is 17.4 Å². The molecule has 3 N–H and O–H groups in total. The standard InChI is InChI=1S/C14H21ClN2/c1-14(8-3-2-4-9-14)13(17-16)11-6-5-7-12(15)10-11/h5-7,10,13,17H,2-4,8-9,16H2,1H3. The van der Waals surface area contributed by atoms with Crippen LogP contribution in [0, 0.1) is 5.41 Å². The predicted molar refractivity (Wildman–Crippen MR) is 72.7 cm³/mol. The molecule has 0 amide bonds. The normalized spacial score (nSPS) is 21.1. The lowest BCUT2D eigenvalue weighted by Gasteiger charge is -2.40. The van der Waals surface area contributed by atoms with E-state index in [-0.39, 0.29) is 11.5 Å². The first-order chi connectivity index (χ1) is 8.15. The highest BCUT2D eigenvalue weighted by molar-refractivity contribution is 6.30. The van der Waals surface area contributed by atoms with Crippen LogP contribution in [0.4, 0.5) is 0 Å². The minimum Gasteiger partial charge on any atom is -0.271 e. The second-order valence-electron chi connectivity index (χ2n) is 5.37. The van der Waals surface area contributed by atoms with E-state index in [1.807, 2.05) is 18.2 Å². The van der Waals surface area contributed by atoms with Gasteiger partial charge in [-0.05, 0) is 36.0 Å². The second kappa shape index (κ2) is 5.38. The Morgan fingerprint density at radius 2 is 2.00 bits per heavy atom. The molecule has 1 saturated carbocycles. The highest BCUT2D eigenvalue weighted by Gasteiger charge is 2.35. The molecule has 0 radical (unpaired) electrons. The van der Waals surface area contributed by atoms with Gasteiger partial charge in [0, 0.05) is 5.02 Å². The minimum absolute atomic E-state index is 0.196. The fourth-order valence-corrected chi connectivity index (χ4v) is 3.23. The van der Waals surface area contributed by atoms with Crippen LogP contribution in [0.2, 0.25) is 5.02 Å². The number of halogens is 1. The monoisotopic (exact) mass is 252 g/mol. The molecule has 2 rings (SSSR count). The van der Waals surface area contributed by atoms with Gasteiger partial charge in [0.2, 0.25) is 0 Å². The van der Waals surface area contributed by atoms with E-state index < -0.39 is 0 Å². The molecule has 1 aromatic rings. The van der Waals surface area contributed by atoms with Gasteiger partial charge < -0.3 is 0 Å². The zero-order chi connectivity index (χ0) is 12.3. The minimum atomic E-state index is 0.196. The van der Waals surface area contributed by atoms with E-state index in [9.17, 15) is 0 Å². The van der Waals surface area contributed by atoms with E-state index in [1.165, 1.54) is 37.7 Å². The van der Waals surface area contributed by atoms with Crippen molar-refractivity contribution in [1.82, 2.24) is 5.43 Å². The van der Waals surface area contributed by atoms with E-state index in [2.05, 4.69) is 18.4 Å². The summed E-state index contributed by atoms with van der Waals surface area (Å²) in [6.07, 6.45) is 6.41. The molecule has 0 aromatic heterocycles. The number of nitrogens with one attached hydrogen (secondary N) is 1. The van der Waals surface area contributed by atoms with Gasteiger partial charge in [0.15, 0.2) is 0 Å². The van der Waals surface area contributed by atoms with Gasteiger partial charge in [-0.1, -0.05) is 49.9 Å². The van der Waals surface area contributed by atoms with Crippen molar-refractivity contribution in [2.45, 2.75) is 45.1 Å². The maximum absolute atomic E-state index is 6.06. The number of hydrazine groups is 1. The van der Waals surface area contributed by atoms with Crippen LogP contribution in [0.3, 0.4) is 0 Å².